The molecule has 3 rings (SSSR count). The number of nitrogens with zero attached hydrogens (tertiary/aromatic N) is 1. The van der Waals surface area contributed by atoms with Crippen molar-refractivity contribution < 1.29 is 29.3 Å². The third-order valence-corrected chi connectivity index (χ3v) is 4.68. The molecule has 0 fully saturated rings. The molecule has 0 radical (unpaired) electrons. The standard InChI is InChI=1S/C20H24N2O2.C2H2O4/c1-15-7-8-19(24-2)18(13-15)21-20(23)10-12-22-11-9-16-5-3-4-6-17(16)14-22;3-1(4)2(5)6/h3-8,13H,9-12,14H2,1-2H3,(H,21,23);(H,3,4)(H,5,6). The van der Waals surface area contributed by atoms with Gasteiger partial charge in [-0.3, -0.25) is 9.69 Å². The molecule has 8 heteroatoms. The minimum absolute atomic E-state index is 0.0257. The van der Waals surface area contributed by atoms with Crippen molar-refractivity contribution in [2.45, 2.75) is 26.3 Å². The normalized spacial score (nSPS) is 12.7. The fourth-order valence-electron chi connectivity index (χ4n) is 3.14. The van der Waals surface area contributed by atoms with E-state index >= 15 is 0 Å². The van der Waals surface area contributed by atoms with E-state index in [2.05, 4.69) is 34.5 Å². The van der Waals surface area contributed by atoms with Crippen LogP contribution in [0, 0.1) is 6.92 Å². The van der Waals surface area contributed by atoms with Gasteiger partial charge in [-0.25, -0.2) is 9.59 Å². The lowest BCUT2D eigenvalue weighted by Gasteiger charge is -2.28. The van der Waals surface area contributed by atoms with Gasteiger partial charge in [0.25, 0.3) is 0 Å². The number of hydrogen-bond acceptors (Lipinski definition) is 5. The molecule has 0 atom stereocenters. The number of aryl methyl sites for hydroxylation is 1. The van der Waals surface area contributed by atoms with E-state index in [-0.39, 0.29) is 5.91 Å². The number of carboxylic acids is 2. The van der Waals surface area contributed by atoms with Crippen LogP contribution >= 0.6 is 0 Å². The lowest BCUT2D eigenvalue weighted by Crippen LogP contribution is -2.33. The molecular formula is C22H26N2O6. The number of amides is 1. The number of hydrogen-bond donors (Lipinski definition) is 3. The van der Waals surface area contributed by atoms with E-state index in [9.17, 15) is 4.79 Å². The second-order valence-corrected chi connectivity index (χ2v) is 6.91. The molecule has 1 aliphatic rings. The van der Waals surface area contributed by atoms with Crippen LogP contribution in [0.2, 0.25) is 0 Å². The fraction of sp³-hybridized carbons (Fsp3) is 0.318. The number of carboxylic acid groups (broad SMARTS) is 2. The van der Waals surface area contributed by atoms with Gasteiger partial charge in [-0.2, -0.15) is 0 Å². The van der Waals surface area contributed by atoms with Crippen molar-refractivity contribution in [3.05, 3.63) is 59.2 Å². The van der Waals surface area contributed by atoms with E-state index in [0.717, 1.165) is 37.3 Å². The molecule has 0 saturated carbocycles. The van der Waals surface area contributed by atoms with Crippen LogP contribution in [0.3, 0.4) is 0 Å². The van der Waals surface area contributed by atoms with Crippen LogP contribution in [0.15, 0.2) is 42.5 Å². The van der Waals surface area contributed by atoms with Crippen molar-refractivity contribution in [1.82, 2.24) is 4.90 Å². The molecule has 0 spiro atoms. The van der Waals surface area contributed by atoms with Gasteiger partial charge in [-0.15, -0.1) is 0 Å². The van der Waals surface area contributed by atoms with Gasteiger partial charge in [0.15, 0.2) is 0 Å². The van der Waals surface area contributed by atoms with Crippen LogP contribution in [0.1, 0.15) is 23.1 Å². The first-order chi connectivity index (χ1) is 14.3. The Morgan fingerprint density at radius 2 is 1.73 bits per heavy atom. The highest BCUT2D eigenvalue weighted by molar-refractivity contribution is 6.27. The summed E-state index contributed by atoms with van der Waals surface area (Å²) in [4.78, 5) is 32.8. The number of methoxy groups -OCH3 is 1. The number of benzene rings is 2. The fourth-order valence-corrected chi connectivity index (χ4v) is 3.14. The Morgan fingerprint density at radius 3 is 2.37 bits per heavy atom. The molecule has 1 aliphatic heterocycles. The summed E-state index contributed by atoms with van der Waals surface area (Å²) in [5, 5.41) is 17.8. The number of aliphatic carboxylic acids is 2. The Hall–Kier alpha value is -3.39. The number of carbonyl (C=O) groups is 3. The summed E-state index contributed by atoms with van der Waals surface area (Å²) in [5.41, 5.74) is 4.65. The topological polar surface area (TPSA) is 116 Å². The van der Waals surface area contributed by atoms with Crippen LogP contribution in [0.4, 0.5) is 5.69 Å². The van der Waals surface area contributed by atoms with Gasteiger partial charge in [-0.1, -0.05) is 30.3 Å². The van der Waals surface area contributed by atoms with Gasteiger partial charge in [0, 0.05) is 26.1 Å². The van der Waals surface area contributed by atoms with E-state index in [1.54, 1.807) is 7.11 Å². The van der Waals surface area contributed by atoms with Gasteiger partial charge in [0.2, 0.25) is 5.91 Å². The van der Waals surface area contributed by atoms with E-state index < -0.39 is 11.9 Å². The highest BCUT2D eigenvalue weighted by Crippen LogP contribution is 2.25. The van der Waals surface area contributed by atoms with Crippen molar-refractivity contribution in [3.63, 3.8) is 0 Å². The number of fused-ring (bicyclic) bond motifs is 1. The van der Waals surface area contributed by atoms with Crippen LogP contribution in [-0.4, -0.2) is 53.2 Å². The Kier molecular flexibility index (Phi) is 8.37. The molecule has 0 bridgehead atoms. The Morgan fingerprint density at radius 1 is 1.07 bits per heavy atom. The first kappa shape index (κ1) is 22.9. The number of ether oxygens (including phenoxy) is 1. The van der Waals surface area contributed by atoms with Gasteiger partial charge >= 0.3 is 11.9 Å². The summed E-state index contributed by atoms with van der Waals surface area (Å²) in [7, 11) is 1.62. The minimum atomic E-state index is -1.82. The Labute approximate surface area is 175 Å². The quantitative estimate of drug-likeness (QED) is 0.644. The van der Waals surface area contributed by atoms with Crippen LogP contribution < -0.4 is 10.1 Å². The number of anilines is 1. The van der Waals surface area contributed by atoms with E-state index in [1.165, 1.54) is 11.1 Å². The molecule has 1 heterocycles. The maximum atomic E-state index is 12.3. The molecular weight excluding hydrogens is 388 g/mol. The Balaban J connectivity index is 0.000000469. The molecule has 2 aromatic rings. The van der Waals surface area contributed by atoms with Crippen LogP contribution in [0.25, 0.3) is 0 Å². The first-order valence-corrected chi connectivity index (χ1v) is 9.50. The molecule has 0 unspecified atom stereocenters. The maximum Gasteiger partial charge on any atom is 0.414 e. The highest BCUT2D eigenvalue weighted by atomic mass is 16.5. The average molecular weight is 414 g/mol. The smallest absolute Gasteiger partial charge is 0.414 e. The lowest BCUT2D eigenvalue weighted by molar-refractivity contribution is -0.159. The molecule has 2 aromatic carbocycles. The molecule has 0 saturated heterocycles. The number of carbonyl (C=O) groups excluding carboxylic acids is 1. The third-order valence-electron chi connectivity index (χ3n) is 4.68. The maximum absolute atomic E-state index is 12.3. The van der Waals surface area contributed by atoms with Crippen LogP contribution in [-0.2, 0) is 27.3 Å². The van der Waals surface area contributed by atoms with Crippen molar-refractivity contribution in [2.75, 3.05) is 25.5 Å². The van der Waals surface area contributed by atoms with Gasteiger partial charge in [0.05, 0.1) is 12.8 Å². The molecule has 160 valence electrons. The van der Waals surface area contributed by atoms with Gasteiger partial charge in [-0.05, 0) is 42.2 Å². The van der Waals surface area contributed by atoms with Crippen molar-refractivity contribution in [3.8, 4) is 5.75 Å². The zero-order valence-corrected chi connectivity index (χ0v) is 17.1. The van der Waals surface area contributed by atoms with Gasteiger partial charge in [0.1, 0.15) is 5.75 Å². The summed E-state index contributed by atoms with van der Waals surface area (Å²) in [5.74, 6) is -2.93. The number of nitrogens with one attached hydrogen (secondary N) is 1. The molecule has 30 heavy (non-hydrogen) atoms. The molecule has 3 N–H and O–H groups in total. The number of rotatable bonds is 5. The average Bonchev–Trinajstić information content (AvgIpc) is 2.72. The second kappa shape index (κ2) is 11.0. The van der Waals surface area contributed by atoms with E-state index in [0.29, 0.717) is 12.2 Å². The predicted molar refractivity (Wildman–Crippen MR) is 112 cm³/mol. The van der Waals surface area contributed by atoms with Crippen molar-refractivity contribution in [2.24, 2.45) is 0 Å². The summed E-state index contributed by atoms with van der Waals surface area (Å²) in [6.45, 7) is 4.71. The third kappa shape index (κ3) is 6.89. The molecule has 0 aliphatic carbocycles. The Bertz CT molecular complexity index is 900. The van der Waals surface area contributed by atoms with Crippen LogP contribution in [0.5, 0.6) is 5.75 Å². The lowest BCUT2D eigenvalue weighted by atomic mass is 10.00. The largest absolute Gasteiger partial charge is 0.495 e. The van der Waals surface area contributed by atoms with Crippen molar-refractivity contribution >= 4 is 23.5 Å². The SMILES string of the molecule is COc1ccc(C)cc1NC(=O)CCN1CCc2ccccc2C1.O=C(O)C(=O)O. The first-order valence-electron chi connectivity index (χ1n) is 9.50. The van der Waals surface area contributed by atoms with E-state index in [4.69, 9.17) is 24.5 Å². The summed E-state index contributed by atoms with van der Waals surface area (Å²) in [6, 6.07) is 14.3. The highest BCUT2D eigenvalue weighted by Gasteiger charge is 2.16. The summed E-state index contributed by atoms with van der Waals surface area (Å²) < 4.78 is 5.31. The molecule has 8 nitrogen and oxygen atoms in total. The summed E-state index contributed by atoms with van der Waals surface area (Å²) >= 11 is 0. The molecule has 0 aromatic heterocycles. The van der Waals surface area contributed by atoms with E-state index in [1.807, 2.05) is 25.1 Å². The zero-order valence-electron chi connectivity index (χ0n) is 17.1. The van der Waals surface area contributed by atoms with Gasteiger partial charge < -0.3 is 20.3 Å². The van der Waals surface area contributed by atoms with Crippen molar-refractivity contribution in [1.29, 1.82) is 0 Å². The summed E-state index contributed by atoms with van der Waals surface area (Å²) in [6.07, 6.45) is 1.54. The second-order valence-electron chi connectivity index (χ2n) is 6.91. The predicted octanol–water partition coefficient (Wildman–Crippen LogP) is 2.55. The zero-order chi connectivity index (χ0) is 22.1. The minimum Gasteiger partial charge on any atom is -0.495 e. The monoisotopic (exact) mass is 414 g/mol. The molecule has 1 amide bonds.